The van der Waals surface area contributed by atoms with E-state index in [1.165, 1.54) is 11.3 Å². The van der Waals surface area contributed by atoms with Gasteiger partial charge in [0.25, 0.3) is 0 Å². The standard InChI is InChI=1S/C15H29F3N4S.HI/c1-3-19-14(20-7-4-5-9-23-2)21-10-13-6-8-22(11-13)12-15(16,17)18;/h13H,3-12H2,1-2H3,(H2,19,20,21);1H. The zero-order valence-corrected chi connectivity index (χ0v) is 17.6. The van der Waals surface area contributed by atoms with Gasteiger partial charge in [0.1, 0.15) is 0 Å². The molecule has 2 N–H and O–H groups in total. The Balaban J connectivity index is 0.00000529. The van der Waals surface area contributed by atoms with Gasteiger partial charge >= 0.3 is 6.18 Å². The molecule has 1 rings (SSSR count). The highest BCUT2D eigenvalue weighted by molar-refractivity contribution is 14.0. The smallest absolute Gasteiger partial charge is 0.357 e. The Kier molecular flexibility index (Phi) is 13.4. The lowest BCUT2D eigenvalue weighted by molar-refractivity contribution is -0.143. The summed E-state index contributed by atoms with van der Waals surface area (Å²) in [5.74, 6) is 2.14. The zero-order valence-electron chi connectivity index (χ0n) is 14.5. The number of thioether (sulfide) groups is 1. The molecule has 4 nitrogen and oxygen atoms in total. The Labute approximate surface area is 164 Å². The van der Waals surface area contributed by atoms with Gasteiger partial charge in [-0.15, -0.1) is 24.0 Å². The number of unbranched alkanes of at least 4 members (excludes halogenated alkanes) is 1. The predicted molar refractivity (Wildman–Crippen MR) is 108 cm³/mol. The Morgan fingerprint density at radius 1 is 1.29 bits per heavy atom. The summed E-state index contributed by atoms with van der Waals surface area (Å²) in [5, 5.41) is 6.48. The summed E-state index contributed by atoms with van der Waals surface area (Å²) in [7, 11) is 0. The molecule has 1 saturated heterocycles. The van der Waals surface area contributed by atoms with Gasteiger partial charge in [0.15, 0.2) is 5.96 Å². The molecule has 0 bridgehead atoms. The quantitative estimate of drug-likeness (QED) is 0.229. The number of hydrogen-bond acceptors (Lipinski definition) is 3. The summed E-state index contributed by atoms with van der Waals surface area (Å²) in [5.41, 5.74) is 0. The van der Waals surface area contributed by atoms with E-state index < -0.39 is 12.7 Å². The minimum Gasteiger partial charge on any atom is -0.357 e. The molecule has 1 unspecified atom stereocenters. The number of aliphatic imine (C=N–C) groups is 1. The second-order valence-electron chi connectivity index (χ2n) is 5.85. The van der Waals surface area contributed by atoms with Gasteiger partial charge in [0.05, 0.1) is 6.54 Å². The van der Waals surface area contributed by atoms with Crippen LogP contribution in [-0.4, -0.2) is 68.3 Å². The second-order valence-corrected chi connectivity index (χ2v) is 6.84. The van der Waals surface area contributed by atoms with Gasteiger partial charge in [-0.2, -0.15) is 24.9 Å². The first-order valence-corrected chi connectivity index (χ1v) is 9.64. The highest BCUT2D eigenvalue weighted by Gasteiger charge is 2.34. The van der Waals surface area contributed by atoms with E-state index in [0.717, 1.165) is 37.6 Å². The molecule has 0 spiro atoms. The molecule has 0 amide bonds. The summed E-state index contributed by atoms with van der Waals surface area (Å²) in [6.45, 7) is 4.42. The number of likely N-dealkylation sites (tertiary alicyclic amines) is 1. The first-order chi connectivity index (χ1) is 10.9. The first-order valence-electron chi connectivity index (χ1n) is 8.24. The average Bonchev–Trinajstić information content (AvgIpc) is 2.89. The lowest BCUT2D eigenvalue weighted by Crippen LogP contribution is -2.38. The third-order valence-corrected chi connectivity index (χ3v) is 4.39. The van der Waals surface area contributed by atoms with Crippen molar-refractivity contribution in [3.05, 3.63) is 0 Å². The molecule has 1 heterocycles. The van der Waals surface area contributed by atoms with Crippen molar-refractivity contribution in [3.63, 3.8) is 0 Å². The molecule has 0 aromatic carbocycles. The van der Waals surface area contributed by atoms with Gasteiger partial charge in [-0.1, -0.05) is 0 Å². The number of hydrogen-bond donors (Lipinski definition) is 2. The minimum atomic E-state index is -4.11. The van der Waals surface area contributed by atoms with Crippen LogP contribution >= 0.6 is 35.7 Å². The van der Waals surface area contributed by atoms with Crippen LogP contribution in [0.25, 0.3) is 0 Å². The molecule has 24 heavy (non-hydrogen) atoms. The van der Waals surface area contributed by atoms with E-state index in [2.05, 4.69) is 21.9 Å². The van der Waals surface area contributed by atoms with Crippen LogP contribution in [0.3, 0.4) is 0 Å². The van der Waals surface area contributed by atoms with Gasteiger partial charge in [0.2, 0.25) is 0 Å². The van der Waals surface area contributed by atoms with Crippen molar-refractivity contribution in [1.82, 2.24) is 15.5 Å². The Bertz CT molecular complexity index is 356. The molecule has 1 aliphatic rings. The third-order valence-electron chi connectivity index (χ3n) is 3.69. The fourth-order valence-corrected chi connectivity index (χ4v) is 3.09. The maximum atomic E-state index is 12.4. The van der Waals surface area contributed by atoms with Gasteiger partial charge in [0, 0.05) is 26.2 Å². The molecule has 1 fully saturated rings. The molecular formula is C15H30F3IN4S. The average molecular weight is 482 g/mol. The van der Waals surface area contributed by atoms with Gasteiger partial charge in [-0.05, 0) is 50.7 Å². The van der Waals surface area contributed by atoms with Crippen molar-refractivity contribution in [1.29, 1.82) is 0 Å². The van der Waals surface area contributed by atoms with Crippen molar-refractivity contribution < 1.29 is 13.2 Å². The van der Waals surface area contributed by atoms with E-state index in [9.17, 15) is 13.2 Å². The fourth-order valence-electron chi connectivity index (χ4n) is 2.60. The Morgan fingerprint density at radius 3 is 2.67 bits per heavy atom. The van der Waals surface area contributed by atoms with E-state index in [4.69, 9.17) is 0 Å². The number of guanidine groups is 1. The molecule has 1 aliphatic heterocycles. The van der Waals surface area contributed by atoms with Crippen molar-refractivity contribution >= 4 is 41.7 Å². The van der Waals surface area contributed by atoms with Crippen LogP contribution in [0.2, 0.25) is 0 Å². The lowest BCUT2D eigenvalue weighted by Gasteiger charge is -2.17. The van der Waals surface area contributed by atoms with Gasteiger partial charge < -0.3 is 10.6 Å². The highest BCUT2D eigenvalue weighted by Crippen LogP contribution is 2.22. The maximum absolute atomic E-state index is 12.4. The van der Waals surface area contributed by atoms with E-state index >= 15 is 0 Å². The van der Waals surface area contributed by atoms with Crippen LogP contribution in [0.15, 0.2) is 4.99 Å². The van der Waals surface area contributed by atoms with E-state index in [1.807, 2.05) is 18.7 Å². The SMILES string of the molecule is CCNC(=NCC1CCN(CC(F)(F)F)C1)NCCCCSC.I. The van der Waals surface area contributed by atoms with Crippen molar-refractivity contribution in [3.8, 4) is 0 Å². The van der Waals surface area contributed by atoms with Gasteiger partial charge in [-0.3, -0.25) is 9.89 Å². The van der Waals surface area contributed by atoms with E-state index in [1.54, 1.807) is 0 Å². The molecular weight excluding hydrogens is 452 g/mol. The molecule has 0 radical (unpaired) electrons. The summed E-state index contributed by atoms with van der Waals surface area (Å²) in [6, 6.07) is 0. The Hall–Kier alpha value is 0.1000. The van der Waals surface area contributed by atoms with Crippen LogP contribution in [0.5, 0.6) is 0 Å². The monoisotopic (exact) mass is 482 g/mol. The summed E-state index contributed by atoms with van der Waals surface area (Å²) in [6.07, 6.45) is 1.04. The normalized spacial score (nSPS) is 19.2. The van der Waals surface area contributed by atoms with Crippen LogP contribution in [0.4, 0.5) is 13.2 Å². The molecule has 144 valence electrons. The molecule has 1 atom stereocenters. The number of nitrogens with zero attached hydrogens (tertiary/aromatic N) is 2. The summed E-state index contributed by atoms with van der Waals surface area (Å²) < 4.78 is 37.2. The maximum Gasteiger partial charge on any atom is 0.401 e. The summed E-state index contributed by atoms with van der Waals surface area (Å²) >= 11 is 1.84. The minimum absolute atomic E-state index is 0. The van der Waals surface area contributed by atoms with E-state index in [-0.39, 0.29) is 29.9 Å². The topological polar surface area (TPSA) is 39.7 Å². The van der Waals surface area contributed by atoms with Crippen molar-refractivity contribution in [2.24, 2.45) is 10.9 Å². The van der Waals surface area contributed by atoms with Crippen molar-refractivity contribution in [2.45, 2.75) is 32.4 Å². The number of halogens is 4. The van der Waals surface area contributed by atoms with Crippen LogP contribution in [0, 0.1) is 5.92 Å². The summed E-state index contributed by atoms with van der Waals surface area (Å²) in [4.78, 5) is 6.00. The largest absolute Gasteiger partial charge is 0.401 e. The molecule has 0 saturated carbocycles. The lowest BCUT2D eigenvalue weighted by atomic mass is 10.1. The van der Waals surface area contributed by atoms with Crippen molar-refractivity contribution in [2.75, 3.05) is 51.3 Å². The van der Waals surface area contributed by atoms with Crippen LogP contribution in [-0.2, 0) is 0 Å². The molecule has 9 heteroatoms. The van der Waals surface area contributed by atoms with Gasteiger partial charge in [-0.25, -0.2) is 0 Å². The Morgan fingerprint density at radius 2 is 2.04 bits per heavy atom. The fraction of sp³-hybridized carbons (Fsp3) is 0.933. The predicted octanol–water partition coefficient (Wildman–Crippen LogP) is 3.19. The first kappa shape index (κ1) is 24.1. The number of rotatable bonds is 9. The zero-order chi connectivity index (χ0) is 17.1. The molecule has 0 aromatic rings. The second kappa shape index (κ2) is 13.3. The molecule has 0 aliphatic carbocycles. The van der Waals surface area contributed by atoms with Crippen LogP contribution in [0.1, 0.15) is 26.2 Å². The highest BCUT2D eigenvalue weighted by atomic mass is 127. The molecule has 0 aromatic heterocycles. The van der Waals surface area contributed by atoms with Crippen LogP contribution < -0.4 is 10.6 Å². The third kappa shape index (κ3) is 11.6. The number of nitrogens with one attached hydrogen (secondary N) is 2. The number of alkyl halides is 3. The van der Waals surface area contributed by atoms with E-state index in [0.29, 0.717) is 19.6 Å².